The highest BCUT2D eigenvalue weighted by atomic mass is 35.5. The molecular formula is C18H21ClN2O. The van der Waals surface area contributed by atoms with Crippen molar-refractivity contribution >= 4 is 11.6 Å². The summed E-state index contributed by atoms with van der Waals surface area (Å²) in [5.41, 5.74) is 3.06. The zero-order valence-electron chi connectivity index (χ0n) is 12.5. The SMILES string of the molecule is OC(c1ccc(Cl)cc1)c1ccc(CN2CCNCC2)cc1. The summed E-state index contributed by atoms with van der Waals surface area (Å²) in [6, 6.07) is 15.6. The van der Waals surface area contributed by atoms with Gasteiger partial charge in [-0.3, -0.25) is 4.90 Å². The number of nitrogens with zero attached hydrogens (tertiary/aromatic N) is 1. The van der Waals surface area contributed by atoms with E-state index >= 15 is 0 Å². The minimum Gasteiger partial charge on any atom is -0.384 e. The Bertz CT molecular complexity index is 591. The van der Waals surface area contributed by atoms with E-state index in [1.807, 2.05) is 24.3 Å². The molecule has 1 saturated heterocycles. The second-order valence-corrected chi connectivity index (χ2v) is 6.16. The maximum absolute atomic E-state index is 10.4. The number of aliphatic hydroxyl groups excluding tert-OH is 1. The van der Waals surface area contributed by atoms with Gasteiger partial charge in [0.15, 0.2) is 0 Å². The number of aliphatic hydroxyl groups is 1. The fourth-order valence-electron chi connectivity index (χ4n) is 2.77. The van der Waals surface area contributed by atoms with Gasteiger partial charge in [-0.25, -0.2) is 0 Å². The maximum atomic E-state index is 10.4. The van der Waals surface area contributed by atoms with Gasteiger partial charge in [-0.1, -0.05) is 48.0 Å². The van der Waals surface area contributed by atoms with Gasteiger partial charge in [-0.2, -0.15) is 0 Å². The third-order valence-corrected chi connectivity index (χ3v) is 4.35. The molecule has 0 amide bonds. The second kappa shape index (κ2) is 7.25. The summed E-state index contributed by atoms with van der Waals surface area (Å²) in [5.74, 6) is 0. The average molecular weight is 317 g/mol. The topological polar surface area (TPSA) is 35.5 Å². The lowest BCUT2D eigenvalue weighted by molar-refractivity contribution is 0.220. The van der Waals surface area contributed by atoms with Crippen molar-refractivity contribution in [1.29, 1.82) is 0 Å². The Labute approximate surface area is 136 Å². The lowest BCUT2D eigenvalue weighted by Crippen LogP contribution is -2.42. The van der Waals surface area contributed by atoms with Crippen molar-refractivity contribution < 1.29 is 5.11 Å². The average Bonchev–Trinajstić information content (AvgIpc) is 2.57. The van der Waals surface area contributed by atoms with Gasteiger partial charge in [0.25, 0.3) is 0 Å². The molecule has 2 aromatic carbocycles. The summed E-state index contributed by atoms with van der Waals surface area (Å²) in [6.07, 6.45) is -0.606. The molecule has 1 aliphatic heterocycles. The van der Waals surface area contributed by atoms with Crippen molar-refractivity contribution in [3.8, 4) is 0 Å². The number of rotatable bonds is 4. The van der Waals surface area contributed by atoms with E-state index in [9.17, 15) is 5.11 Å². The van der Waals surface area contributed by atoms with E-state index in [2.05, 4.69) is 22.3 Å². The lowest BCUT2D eigenvalue weighted by atomic mass is 10.0. The van der Waals surface area contributed by atoms with Crippen LogP contribution >= 0.6 is 11.6 Å². The highest BCUT2D eigenvalue weighted by Crippen LogP contribution is 2.23. The molecule has 22 heavy (non-hydrogen) atoms. The van der Waals surface area contributed by atoms with E-state index < -0.39 is 6.10 Å². The molecular weight excluding hydrogens is 296 g/mol. The van der Waals surface area contributed by atoms with Crippen molar-refractivity contribution in [2.75, 3.05) is 26.2 Å². The minimum absolute atomic E-state index is 0.606. The molecule has 0 saturated carbocycles. The van der Waals surface area contributed by atoms with E-state index in [1.54, 1.807) is 12.1 Å². The quantitative estimate of drug-likeness (QED) is 0.910. The van der Waals surface area contributed by atoms with Gasteiger partial charge in [0.1, 0.15) is 6.10 Å². The predicted octanol–water partition coefficient (Wildman–Crippen LogP) is 2.83. The number of nitrogens with one attached hydrogen (secondary N) is 1. The fourth-order valence-corrected chi connectivity index (χ4v) is 2.90. The Morgan fingerprint density at radius 1 is 0.955 bits per heavy atom. The first kappa shape index (κ1) is 15.5. The van der Waals surface area contributed by atoms with Crippen LogP contribution in [0.5, 0.6) is 0 Å². The highest BCUT2D eigenvalue weighted by molar-refractivity contribution is 6.30. The van der Waals surface area contributed by atoms with Crippen LogP contribution in [0.4, 0.5) is 0 Å². The van der Waals surface area contributed by atoms with Crippen molar-refractivity contribution in [2.45, 2.75) is 12.6 Å². The molecule has 0 radical (unpaired) electrons. The summed E-state index contributed by atoms with van der Waals surface area (Å²) < 4.78 is 0. The zero-order chi connectivity index (χ0) is 15.4. The Balaban J connectivity index is 1.66. The third kappa shape index (κ3) is 3.87. The van der Waals surface area contributed by atoms with Crippen LogP contribution in [-0.2, 0) is 6.54 Å². The Morgan fingerprint density at radius 2 is 1.50 bits per heavy atom. The molecule has 2 aromatic rings. The lowest BCUT2D eigenvalue weighted by Gasteiger charge is -2.27. The molecule has 3 nitrogen and oxygen atoms in total. The Hall–Kier alpha value is -1.39. The first-order valence-electron chi connectivity index (χ1n) is 7.68. The molecule has 0 aromatic heterocycles. The molecule has 2 N–H and O–H groups in total. The number of hydrogen-bond acceptors (Lipinski definition) is 3. The van der Waals surface area contributed by atoms with Crippen molar-refractivity contribution in [1.82, 2.24) is 10.2 Å². The predicted molar refractivity (Wildman–Crippen MR) is 90.1 cm³/mol. The molecule has 0 aliphatic carbocycles. The van der Waals surface area contributed by atoms with E-state index in [0.29, 0.717) is 5.02 Å². The van der Waals surface area contributed by atoms with Gasteiger partial charge in [-0.15, -0.1) is 0 Å². The van der Waals surface area contributed by atoms with E-state index in [1.165, 1.54) is 5.56 Å². The number of halogens is 1. The van der Waals surface area contributed by atoms with Crippen molar-refractivity contribution in [3.63, 3.8) is 0 Å². The van der Waals surface area contributed by atoms with Gasteiger partial charge in [-0.05, 0) is 28.8 Å². The highest BCUT2D eigenvalue weighted by Gasteiger charge is 2.12. The molecule has 0 bridgehead atoms. The number of benzene rings is 2. The molecule has 1 atom stereocenters. The molecule has 3 rings (SSSR count). The smallest absolute Gasteiger partial charge is 0.104 e. The minimum atomic E-state index is -0.606. The molecule has 1 fully saturated rings. The standard InChI is InChI=1S/C18H21ClN2O/c19-17-7-5-16(6-8-17)18(22)15-3-1-14(2-4-15)13-21-11-9-20-10-12-21/h1-8,18,20,22H,9-13H2. The number of hydrogen-bond donors (Lipinski definition) is 2. The summed E-state index contributed by atoms with van der Waals surface area (Å²) in [4.78, 5) is 2.45. The van der Waals surface area contributed by atoms with Crippen LogP contribution in [0.3, 0.4) is 0 Å². The summed E-state index contributed by atoms with van der Waals surface area (Å²) in [7, 11) is 0. The van der Waals surface area contributed by atoms with Gasteiger partial charge in [0, 0.05) is 37.7 Å². The van der Waals surface area contributed by atoms with E-state index in [-0.39, 0.29) is 0 Å². The van der Waals surface area contributed by atoms with Crippen molar-refractivity contribution in [3.05, 3.63) is 70.2 Å². The summed E-state index contributed by atoms with van der Waals surface area (Å²) >= 11 is 5.89. The van der Waals surface area contributed by atoms with Gasteiger partial charge in [0.05, 0.1) is 0 Å². The zero-order valence-corrected chi connectivity index (χ0v) is 13.3. The van der Waals surface area contributed by atoms with E-state index in [4.69, 9.17) is 11.6 Å². The largest absolute Gasteiger partial charge is 0.384 e. The van der Waals surface area contributed by atoms with Crippen LogP contribution in [0.1, 0.15) is 22.8 Å². The molecule has 1 aliphatic rings. The maximum Gasteiger partial charge on any atom is 0.104 e. The van der Waals surface area contributed by atoms with Crippen molar-refractivity contribution in [2.24, 2.45) is 0 Å². The van der Waals surface area contributed by atoms with Crippen LogP contribution in [0.15, 0.2) is 48.5 Å². The monoisotopic (exact) mass is 316 g/mol. The van der Waals surface area contributed by atoms with Crippen LogP contribution < -0.4 is 5.32 Å². The van der Waals surface area contributed by atoms with Gasteiger partial charge >= 0.3 is 0 Å². The third-order valence-electron chi connectivity index (χ3n) is 4.10. The van der Waals surface area contributed by atoms with E-state index in [0.717, 1.165) is 43.9 Å². The molecule has 0 spiro atoms. The molecule has 116 valence electrons. The fraction of sp³-hybridized carbons (Fsp3) is 0.333. The van der Waals surface area contributed by atoms with Gasteiger partial charge < -0.3 is 10.4 Å². The number of piperazine rings is 1. The first-order valence-corrected chi connectivity index (χ1v) is 8.05. The molecule has 1 heterocycles. The molecule has 4 heteroatoms. The van der Waals surface area contributed by atoms with Crippen LogP contribution in [0, 0.1) is 0 Å². The van der Waals surface area contributed by atoms with Crippen LogP contribution in [0.25, 0.3) is 0 Å². The Kier molecular flexibility index (Phi) is 5.11. The normalized spacial score (nSPS) is 17.4. The Morgan fingerprint density at radius 3 is 2.09 bits per heavy atom. The molecule has 1 unspecified atom stereocenters. The first-order chi connectivity index (χ1) is 10.7. The van der Waals surface area contributed by atoms with Crippen LogP contribution in [-0.4, -0.2) is 36.2 Å². The summed E-state index contributed by atoms with van der Waals surface area (Å²) in [6.45, 7) is 5.28. The van der Waals surface area contributed by atoms with Crippen LogP contribution in [0.2, 0.25) is 5.02 Å². The van der Waals surface area contributed by atoms with Gasteiger partial charge in [0.2, 0.25) is 0 Å². The second-order valence-electron chi connectivity index (χ2n) is 5.72. The summed E-state index contributed by atoms with van der Waals surface area (Å²) in [5, 5.41) is 14.5.